The van der Waals surface area contributed by atoms with Crippen molar-refractivity contribution < 1.29 is 19.0 Å². The van der Waals surface area contributed by atoms with Crippen LogP contribution in [0.5, 0.6) is 17.2 Å². The van der Waals surface area contributed by atoms with Gasteiger partial charge in [0, 0.05) is 17.8 Å². The Labute approximate surface area is 182 Å². The lowest BCUT2D eigenvalue weighted by atomic mass is 10.2. The van der Waals surface area contributed by atoms with E-state index in [1.54, 1.807) is 42.5 Å². The van der Waals surface area contributed by atoms with E-state index in [-0.39, 0.29) is 28.2 Å². The summed E-state index contributed by atoms with van der Waals surface area (Å²) in [5.74, 6) is 0.235. The van der Waals surface area contributed by atoms with E-state index < -0.39 is 0 Å². The number of hydrogen-bond donors (Lipinski definition) is 2. The highest BCUT2D eigenvalue weighted by molar-refractivity contribution is 6.37. The first-order valence-electron chi connectivity index (χ1n) is 8.53. The zero-order valence-corrected chi connectivity index (χ0v) is 17.6. The molecule has 0 heterocycles. The molecule has 0 aliphatic rings. The van der Waals surface area contributed by atoms with E-state index >= 15 is 0 Å². The van der Waals surface area contributed by atoms with Crippen LogP contribution in [0.15, 0.2) is 48.5 Å². The monoisotopic (exact) mass is 455 g/mol. The number of rotatable bonds is 7. The molecule has 4 nitrogen and oxygen atoms in total. The van der Waals surface area contributed by atoms with Gasteiger partial charge in [-0.1, -0.05) is 53.0 Å². The second-order valence-electron chi connectivity index (χ2n) is 6.13. The Morgan fingerprint density at radius 3 is 2.34 bits per heavy atom. The normalized spacial score (nSPS) is 10.7. The van der Waals surface area contributed by atoms with Crippen LogP contribution in [-0.2, 0) is 13.2 Å². The van der Waals surface area contributed by atoms with Gasteiger partial charge in [0.2, 0.25) is 0 Å². The average Bonchev–Trinajstić information content (AvgIpc) is 2.70. The smallest absolute Gasteiger partial charge is 0.180 e. The molecule has 0 radical (unpaired) electrons. The minimum Gasteiger partial charge on any atom is -0.505 e. The lowest BCUT2D eigenvalue weighted by molar-refractivity contribution is 0.280. The Hall–Kier alpha value is -2.34. The number of halogens is 4. The molecule has 3 rings (SSSR count). The summed E-state index contributed by atoms with van der Waals surface area (Å²) in [5, 5.41) is 13.4. The molecule has 0 aliphatic carbocycles. The number of ether oxygens (including phenoxy) is 2. The van der Waals surface area contributed by atoms with Gasteiger partial charge < -0.3 is 19.9 Å². The molecule has 0 atom stereocenters. The van der Waals surface area contributed by atoms with Crippen LogP contribution in [0, 0.1) is 5.82 Å². The number of phenols is 1. The summed E-state index contributed by atoms with van der Waals surface area (Å²) in [6, 6.07) is 13.0. The molecular formula is C21H17Cl3FNO3. The Bertz CT molecular complexity index is 1010. The maximum Gasteiger partial charge on any atom is 0.180 e. The molecule has 152 valence electrons. The molecule has 0 aromatic heterocycles. The quantitative estimate of drug-likeness (QED) is 0.389. The highest BCUT2D eigenvalue weighted by atomic mass is 35.5. The van der Waals surface area contributed by atoms with Gasteiger partial charge in [-0.2, -0.15) is 0 Å². The van der Waals surface area contributed by atoms with Crippen molar-refractivity contribution in [3.8, 4) is 17.2 Å². The molecule has 29 heavy (non-hydrogen) atoms. The predicted molar refractivity (Wildman–Crippen MR) is 114 cm³/mol. The van der Waals surface area contributed by atoms with Gasteiger partial charge in [0.1, 0.15) is 12.4 Å². The largest absolute Gasteiger partial charge is 0.505 e. The van der Waals surface area contributed by atoms with Gasteiger partial charge in [-0.25, -0.2) is 4.39 Å². The van der Waals surface area contributed by atoms with Crippen molar-refractivity contribution in [1.82, 2.24) is 0 Å². The molecule has 0 unspecified atom stereocenters. The lowest BCUT2D eigenvalue weighted by Crippen LogP contribution is -2.03. The topological polar surface area (TPSA) is 50.7 Å². The number of anilines is 1. The summed E-state index contributed by atoms with van der Waals surface area (Å²) in [7, 11) is 1.50. The highest BCUT2D eigenvalue weighted by Gasteiger charge is 2.14. The van der Waals surface area contributed by atoms with Crippen molar-refractivity contribution in [2.45, 2.75) is 13.2 Å². The van der Waals surface area contributed by atoms with Crippen LogP contribution in [0.25, 0.3) is 0 Å². The first-order valence-corrected chi connectivity index (χ1v) is 9.67. The Morgan fingerprint density at radius 1 is 1.00 bits per heavy atom. The Balaban J connectivity index is 1.75. The van der Waals surface area contributed by atoms with Crippen LogP contribution in [0.3, 0.4) is 0 Å². The summed E-state index contributed by atoms with van der Waals surface area (Å²) in [4.78, 5) is 0. The number of aromatic hydroxyl groups is 1. The van der Waals surface area contributed by atoms with Crippen molar-refractivity contribution in [2.24, 2.45) is 0 Å². The molecule has 3 aromatic rings. The molecule has 0 saturated heterocycles. The van der Waals surface area contributed by atoms with Gasteiger partial charge in [-0.3, -0.25) is 0 Å². The van der Waals surface area contributed by atoms with Crippen molar-refractivity contribution in [2.75, 3.05) is 12.4 Å². The van der Waals surface area contributed by atoms with Crippen molar-refractivity contribution in [1.29, 1.82) is 0 Å². The summed E-state index contributed by atoms with van der Waals surface area (Å²) in [6.45, 7) is 0.409. The van der Waals surface area contributed by atoms with Crippen molar-refractivity contribution >= 4 is 40.5 Å². The van der Waals surface area contributed by atoms with Crippen LogP contribution >= 0.6 is 34.8 Å². The second-order valence-corrected chi connectivity index (χ2v) is 7.35. The van der Waals surface area contributed by atoms with E-state index in [1.807, 2.05) is 0 Å². The summed E-state index contributed by atoms with van der Waals surface area (Å²) in [5.41, 5.74) is 1.86. The third-order valence-electron chi connectivity index (χ3n) is 4.13. The Morgan fingerprint density at radius 2 is 1.69 bits per heavy atom. The number of hydrogen-bond acceptors (Lipinski definition) is 4. The van der Waals surface area contributed by atoms with Gasteiger partial charge in [0.05, 0.1) is 22.2 Å². The van der Waals surface area contributed by atoms with Crippen LogP contribution in [-0.4, -0.2) is 12.2 Å². The van der Waals surface area contributed by atoms with Gasteiger partial charge in [-0.05, 0) is 35.9 Å². The van der Waals surface area contributed by atoms with E-state index in [0.29, 0.717) is 34.3 Å². The first kappa shape index (κ1) is 21.4. The number of phenolic OH excluding ortho intramolecular Hbond substituents is 1. The maximum atomic E-state index is 13.8. The molecular weight excluding hydrogens is 440 g/mol. The molecule has 8 heteroatoms. The third kappa shape index (κ3) is 5.18. The van der Waals surface area contributed by atoms with Gasteiger partial charge in [-0.15, -0.1) is 0 Å². The standard InChI is InChI=1S/C21H17Cl3FNO3/c1-28-19-7-12(10-26-14-8-15(22)20(27)16(23)9-14)6-17(24)21(19)29-11-13-4-2-3-5-18(13)25/h2-9,26-27H,10-11H2,1H3. The SMILES string of the molecule is COc1cc(CNc2cc(Cl)c(O)c(Cl)c2)cc(Cl)c1OCc1ccccc1F. The van der Waals surface area contributed by atoms with E-state index in [0.717, 1.165) is 5.56 Å². The molecule has 0 amide bonds. The summed E-state index contributed by atoms with van der Waals surface area (Å²) < 4.78 is 24.9. The van der Waals surface area contributed by atoms with Crippen LogP contribution < -0.4 is 14.8 Å². The summed E-state index contributed by atoms with van der Waals surface area (Å²) in [6.07, 6.45) is 0. The minimum atomic E-state index is -0.352. The van der Waals surface area contributed by atoms with Crippen LogP contribution in [0.2, 0.25) is 15.1 Å². The molecule has 0 saturated carbocycles. The Kier molecular flexibility index (Phi) is 6.96. The molecule has 0 aliphatic heterocycles. The second kappa shape index (κ2) is 9.44. The van der Waals surface area contributed by atoms with E-state index in [9.17, 15) is 9.50 Å². The minimum absolute atomic E-state index is 0.0187. The van der Waals surface area contributed by atoms with E-state index in [2.05, 4.69) is 5.32 Å². The predicted octanol–water partition coefficient (Wildman–Crippen LogP) is 6.69. The fraction of sp³-hybridized carbons (Fsp3) is 0.143. The van der Waals surface area contributed by atoms with Crippen LogP contribution in [0.4, 0.5) is 10.1 Å². The van der Waals surface area contributed by atoms with Crippen molar-refractivity contribution in [3.05, 3.63) is 80.5 Å². The van der Waals surface area contributed by atoms with Gasteiger partial charge >= 0.3 is 0 Å². The molecule has 0 spiro atoms. The molecule has 0 bridgehead atoms. The molecule has 3 aromatic carbocycles. The van der Waals surface area contributed by atoms with Gasteiger partial charge in [0.15, 0.2) is 17.2 Å². The maximum absolute atomic E-state index is 13.8. The van der Waals surface area contributed by atoms with E-state index in [1.165, 1.54) is 13.2 Å². The third-order valence-corrected chi connectivity index (χ3v) is 4.99. The first-order chi connectivity index (χ1) is 13.9. The molecule has 2 N–H and O–H groups in total. The fourth-order valence-corrected chi connectivity index (χ4v) is 3.43. The number of nitrogens with one attached hydrogen (secondary N) is 1. The zero-order chi connectivity index (χ0) is 21.0. The number of methoxy groups -OCH3 is 1. The highest BCUT2D eigenvalue weighted by Crippen LogP contribution is 2.38. The van der Waals surface area contributed by atoms with Crippen LogP contribution in [0.1, 0.15) is 11.1 Å². The molecule has 0 fully saturated rings. The average molecular weight is 457 g/mol. The number of benzene rings is 3. The fourth-order valence-electron chi connectivity index (χ4n) is 2.65. The van der Waals surface area contributed by atoms with E-state index in [4.69, 9.17) is 44.3 Å². The summed E-state index contributed by atoms with van der Waals surface area (Å²) >= 11 is 18.2. The zero-order valence-electron chi connectivity index (χ0n) is 15.3. The van der Waals surface area contributed by atoms with Crippen molar-refractivity contribution in [3.63, 3.8) is 0 Å². The van der Waals surface area contributed by atoms with Gasteiger partial charge in [0.25, 0.3) is 0 Å². The lowest BCUT2D eigenvalue weighted by Gasteiger charge is -2.15.